The first-order valence-electron chi connectivity index (χ1n) is 7.03. The van der Waals surface area contributed by atoms with E-state index in [0.717, 1.165) is 43.6 Å². The molecule has 0 aromatic carbocycles. The molecule has 1 aliphatic rings. The molecule has 0 aliphatic carbocycles. The van der Waals surface area contributed by atoms with Crippen LogP contribution in [0.2, 0.25) is 0 Å². The SMILES string of the molecule is C=C/C=C(\C=C(/C)C#N)CN1CCCC(N)C1.CC. The molecule has 1 heterocycles. The van der Waals surface area contributed by atoms with E-state index in [1.165, 1.54) is 0 Å². The summed E-state index contributed by atoms with van der Waals surface area (Å²) in [6.07, 6.45) is 7.91. The predicted octanol–water partition coefficient (Wildman–Crippen LogP) is 3.02. The normalized spacial score (nSPS) is 21.1. The number of likely N-dealkylation sites (tertiary alicyclic amines) is 1. The molecule has 106 valence electrons. The predicted molar refractivity (Wildman–Crippen MR) is 82.6 cm³/mol. The molecular weight excluding hydrogens is 234 g/mol. The van der Waals surface area contributed by atoms with Crippen LogP contribution < -0.4 is 5.73 Å². The fourth-order valence-corrected chi connectivity index (χ4v) is 2.10. The van der Waals surface area contributed by atoms with Crippen LogP contribution in [-0.2, 0) is 0 Å². The Morgan fingerprint density at radius 2 is 2.21 bits per heavy atom. The van der Waals surface area contributed by atoms with Crippen molar-refractivity contribution in [1.29, 1.82) is 5.26 Å². The average molecular weight is 261 g/mol. The van der Waals surface area contributed by atoms with Crippen LogP contribution in [0, 0.1) is 11.3 Å². The third-order valence-corrected chi connectivity index (χ3v) is 2.86. The summed E-state index contributed by atoms with van der Waals surface area (Å²) in [5, 5.41) is 8.79. The summed E-state index contributed by atoms with van der Waals surface area (Å²) >= 11 is 0. The lowest BCUT2D eigenvalue weighted by Gasteiger charge is -2.30. The maximum atomic E-state index is 8.79. The van der Waals surface area contributed by atoms with E-state index < -0.39 is 0 Å². The molecular formula is C16H27N3. The van der Waals surface area contributed by atoms with Crippen molar-refractivity contribution in [3.8, 4) is 6.07 Å². The molecule has 3 heteroatoms. The number of allylic oxidation sites excluding steroid dienone is 3. The Bertz CT molecular complexity index is 361. The van der Waals surface area contributed by atoms with E-state index in [9.17, 15) is 0 Å². The smallest absolute Gasteiger partial charge is 0.0944 e. The van der Waals surface area contributed by atoms with Gasteiger partial charge < -0.3 is 5.73 Å². The lowest BCUT2D eigenvalue weighted by Crippen LogP contribution is -2.43. The van der Waals surface area contributed by atoms with E-state index in [1.807, 2.05) is 32.9 Å². The number of nitriles is 1. The van der Waals surface area contributed by atoms with Gasteiger partial charge in [-0.25, -0.2) is 0 Å². The monoisotopic (exact) mass is 261 g/mol. The van der Waals surface area contributed by atoms with Gasteiger partial charge in [0.15, 0.2) is 0 Å². The van der Waals surface area contributed by atoms with Crippen LogP contribution in [0.4, 0.5) is 0 Å². The van der Waals surface area contributed by atoms with Crippen LogP contribution >= 0.6 is 0 Å². The van der Waals surface area contributed by atoms with Crippen LogP contribution in [0.3, 0.4) is 0 Å². The van der Waals surface area contributed by atoms with E-state index in [2.05, 4.69) is 17.5 Å². The van der Waals surface area contributed by atoms with E-state index in [0.29, 0.717) is 0 Å². The van der Waals surface area contributed by atoms with Crippen molar-refractivity contribution in [1.82, 2.24) is 4.90 Å². The van der Waals surface area contributed by atoms with Crippen molar-refractivity contribution in [2.75, 3.05) is 19.6 Å². The minimum atomic E-state index is 0.287. The van der Waals surface area contributed by atoms with Crippen molar-refractivity contribution in [3.05, 3.63) is 36.0 Å². The largest absolute Gasteiger partial charge is 0.327 e. The molecule has 2 N–H and O–H groups in total. The molecule has 1 aliphatic heterocycles. The van der Waals surface area contributed by atoms with Crippen molar-refractivity contribution in [2.24, 2.45) is 5.73 Å². The highest BCUT2D eigenvalue weighted by Gasteiger charge is 2.16. The summed E-state index contributed by atoms with van der Waals surface area (Å²) in [4.78, 5) is 2.34. The topological polar surface area (TPSA) is 53.0 Å². The first-order chi connectivity index (χ1) is 9.15. The fourth-order valence-electron chi connectivity index (χ4n) is 2.10. The van der Waals surface area contributed by atoms with Crippen molar-refractivity contribution >= 4 is 0 Å². The minimum Gasteiger partial charge on any atom is -0.327 e. The second kappa shape index (κ2) is 10.5. The van der Waals surface area contributed by atoms with Crippen LogP contribution in [0.25, 0.3) is 0 Å². The molecule has 0 radical (unpaired) electrons. The highest BCUT2D eigenvalue weighted by atomic mass is 15.1. The summed E-state index contributed by atoms with van der Waals surface area (Å²) < 4.78 is 0. The van der Waals surface area contributed by atoms with Crippen molar-refractivity contribution in [3.63, 3.8) is 0 Å². The number of piperidine rings is 1. The number of hydrogen-bond donors (Lipinski definition) is 1. The second-order valence-corrected chi connectivity index (χ2v) is 4.55. The van der Waals surface area contributed by atoms with Gasteiger partial charge in [-0.1, -0.05) is 32.6 Å². The summed E-state index contributed by atoms with van der Waals surface area (Å²) in [6.45, 7) is 12.4. The first kappa shape index (κ1) is 17.6. The van der Waals surface area contributed by atoms with Gasteiger partial charge in [-0.3, -0.25) is 4.90 Å². The maximum Gasteiger partial charge on any atom is 0.0944 e. The molecule has 1 atom stereocenters. The zero-order chi connectivity index (χ0) is 14.7. The summed E-state index contributed by atoms with van der Waals surface area (Å²) in [5.41, 5.74) is 7.79. The van der Waals surface area contributed by atoms with Gasteiger partial charge in [0.25, 0.3) is 0 Å². The molecule has 1 rings (SSSR count). The van der Waals surface area contributed by atoms with Crippen molar-refractivity contribution < 1.29 is 0 Å². The van der Waals surface area contributed by atoms with Gasteiger partial charge in [-0.05, 0) is 38.0 Å². The van der Waals surface area contributed by atoms with E-state index >= 15 is 0 Å². The molecule has 0 saturated carbocycles. The van der Waals surface area contributed by atoms with E-state index in [4.69, 9.17) is 11.0 Å². The zero-order valence-corrected chi connectivity index (χ0v) is 12.5. The maximum absolute atomic E-state index is 8.79. The zero-order valence-electron chi connectivity index (χ0n) is 12.5. The molecule has 1 saturated heterocycles. The average Bonchev–Trinajstić information content (AvgIpc) is 2.41. The van der Waals surface area contributed by atoms with Gasteiger partial charge in [-0.15, -0.1) is 0 Å². The summed E-state index contributed by atoms with van der Waals surface area (Å²) in [7, 11) is 0. The molecule has 0 aromatic heterocycles. The third-order valence-electron chi connectivity index (χ3n) is 2.86. The summed E-state index contributed by atoms with van der Waals surface area (Å²) in [5.74, 6) is 0. The summed E-state index contributed by atoms with van der Waals surface area (Å²) in [6, 6.07) is 2.43. The molecule has 19 heavy (non-hydrogen) atoms. The van der Waals surface area contributed by atoms with Crippen LogP contribution in [-0.4, -0.2) is 30.6 Å². The first-order valence-corrected chi connectivity index (χ1v) is 7.03. The van der Waals surface area contributed by atoms with Gasteiger partial charge >= 0.3 is 0 Å². The van der Waals surface area contributed by atoms with Gasteiger partial charge in [-0.2, -0.15) is 5.26 Å². The lowest BCUT2D eigenvalue weighted by atomic mass is 10.0. The number of hydrogen-bond acceptors (Lipinski definition) is 3. The molecule has 0 bridgehead atoms. The molecule has 1 unspecified atom stereocenters. The van der Waals surface area contributed by atoms with Gasteiger partial charge in [0.05, 0.1) is 6.07 Å². The second-order valence-electron chi connectivity index (χ2n) is 4.55. The Labute approximate surface area is 118 Å². The van der Waals surface area contributed by atoms with E-state index in [1.54, 1.807) is 6.08 Å². The van der Waals surface area contributed by atoms with Gasteiger partial charge in [0, 0.05) is 24.7 Å². The standard InChI is InChI=1S/C14H21N3.C2H6/c1-3-5-13(8-12(2)9-15)10-17-7-4-6-14(16)11-17;1-2/h3,5,8,14H,1,4,6-7,10-11,16H2,2H3;1-2H3/b12-8+,13-5+;. The van der Waals surface area contributed by atoms with E-state index in [-0.39, 0.29) is 6.04 Å². The molecule has 0 spiro atoms. The Balaban J connectivity index is 0.00000154. The molecule has 1 fully saturated rings. The number of nitrogens with two attached hydrogens (primary N) is 1. The lowest BCUT2D eigenvalue weighted by molar-refractivity contribution is 0.226. The Kier molecular flexibility index (Phi) is 9.78. The highest BCUT2D eigenvalue weighted by molar-refractivity contribution is 5.33. The molecule has 3 nitrogen and oxygen atoms in total. The third kappa shape index (κ3) is 7.61. The van der Waals surface area contributed by atoms with Crippen molar-refractivity contribution in [2.45, 2.75) is 39.7 Å². The molecule has 0 amide bonds. The van der Waals surface area contributed by atoms with Gasteiger partial charge in [0.2, 0.25) is 0 Å². The number of nitrogens with zero attached hydrogens (tertiary/aromatic N) is 2. The quantitative estimate of drug-likeness (QED) is 0.625. The van der Waals surface area contributed by atoms with Gasteiger partial charge in [0.1, 0.15) is 0 Å². The fraction of sp³-hybridized carbons (Fsp3) is 0.562. The Morgan fingerprint density at radius 3 is 2.74 bits per heavy atom. The Hall–Kier alpha value is -1.37. The Morgan fingerprint density at radius 1 is 1.53 bits per heavy atom. The van der Waals surface area contributed by atoms with Crippen LogP contribution in [0.15, 0.2) is 36.0 Å². The van der Waals surface area contributed by atoms with Crippen LogP contribution in [0.1, 0.15) is 33.6 Å². The minimum absolute atomic E-state index is 0.287. The van der Waals surface area contributed by atoms with Crippen LogP contribution in [0.5, 0.6) is 0 Å². The number of rotatable bonds is 4. The highest BCUT2D eigenvalue weighted by Crippen LogP contribution is 2.12. The molecule has 0 aromatic rings.